The Morgan fingerprint density at radius 3 is 2.50 bits per heavy atom. The van der Waals surface area contributed by atoms with Gasteiger partial charge in [-0.25, -0.2) is 0 Å². The van der Waals surface area contributed by atoms with Gasteiger partial charge in [-0.05, 0) is 56.6 Å². The van der Waals surface area contributed by atoms with Gasteiger partial charge in [-0.3, -0.25) is 19.4 Å². The minimum Gasteiger partial charge on any atom is -0.336 e. The lowest BCUT2D eigenvalue weighted by molar-refractivity contribution is -0.137. The van der Waals surface area contributed by atoms with Crippen molar-refractivity contribution in [3.05, 3.63) is 42.6 Å². The molecule has 5 rings (SSSR count). The Balaban J connectivity index is 1.25. The van der Waals surface area contributed by atoms with Gasteiger partial charge in [0, 0.05) is 54.5 Å². The van der Waals surface area contributed by atoms with Gasteiger partial charge in [-0.15, -0.1) is 0 Å². The minimum absolute atomic E-state index is 0.0597. The van der Waals surface area contributed by atoms with Crippen molar-refractivity contribution in [3.63, 3.8) is 0 Å². The predicted octanol–water partition coefficient (Wildman–Crippen LogP) is 5.08. The molecular formula is C25H28F3N5O. The lowest BCUT2D eigenvalue weighted by Gasteiger charge is -2.39. The number of fused-ring (bicyclic) bond motifs is 3. The van der Waals surface area contributed by atoms with E-state index in [1.807, 2.05) is 30.3 Å². The first-order chi connectivity index (χ1) is 16.2. The lowest BCUT2D eigenvalue weighted by Crippen LogP contribution is -2.47. The standard InChI is InChI=1S/C25H28F3N5O/c1-32-15-19(13-31-32)18-9-17-10-20(29-14-23(17)30-12-18)11-24(34)33-21-4-5-22(33)8-16(7-21)3-2-6-25(26,27)28/h9-10,12-16,21-22H,2-8,11H2,1H3/t16?,21-,22+. The second-order valence-electron chi connectivity index (χ2n) is 9.70. The Hall–Kier alpha value is -2.97. The van der Waals surface area contributed by atoms with E-state index in [9.17, 15) is 18.0 Å². The molecule has 0 aliphatic carbocycles. The Bertz CT molecular complexity index is 1180. The molecule has 2 bridgehead atoms. The third-order valence-electron chi connectivity index (χ3n) is 7.19. The Morgan fingerprint density at radius 1 is 1.06 bits per heavy atom. The van der Waals surface area contributed by atoms with Crippen molar-refractivity contribution in [2.45, 2.75) is 69.6 Å². The van der Waals surface area contributed by atoms with Crippen molar-refractivity contribution in [1.29, 1.82) is 0 Å². The third-order valence-corrected chi connectivity index (χ3v) is 7.19. The van der Waals surface area contributed by atoms with Gasteiger partial charge < -0.3 is 4.90 Å². The average Bonchev–Trinajstić information content (AvgIpc) is 3.33. The molecular weight excluding hydrogens is 443 g/mol. The maximum Gasteiger partial charge on any atom is 0.389 e. The highest BCUT2D eigenvalue weighted by Gasteiger charge is 2.43. The summed E-state index contributed by atoms with van der Waals surface area (Å²) in [4.78, 5) is 24.2. The van der Waals surface area contributed by atoms with Gasteiger partial charge in [0.05, 0.1) is 30.0 Å². The zero-order valence-corrected chi connectivity index (χ0v) is 19.1. The molecule has 2 fully saturated rings. The number of nitrogens with zero attached hydrogens (tertiary/aromatic N) is 5. The van der Waals surface area contributed by atoms with Crippen LogP contribution in [0.1, 0.15) is 50.6 Å². The highest BCUT2D eigenvalue weighted by molar-refractivity contribution is 5.85. The maximum atomic E-state index is 13.2. The molecule has 5 heterocycles. The third kappa shape index (κ3) is 4.93. The van der Waals surface area contributed by atoms with Crippen molar-refractivity contribution in [2.24, 2.45) is 13.0 Å². The summed E-state index contributed by atoms with van der Waals surface area (Å²) in [5.74, 6) is 0.337. The highest BCUT2D eigenvalue weighted by Crippen LogP contribution is 2.41. The van der Waals surface area contributed by atoms with Crippen molar-refractivity contribution < 1.29 is 18.0 Å². The molecule has 1 amide bonds. The molecule has 180 valence electrons. The van der Waals surface area contributed by atoms with E-state index >= 15 is 0 Å². The van der Waals surface area contributed by atoms with E-state index in [0.717, 1.165) is 47.7 Å². The van der Waals surface area contributed by atoms with Crippen LogP contribution in [-0.2, 0) is 18.3 Å². The number of amides is 1. The molecule has 6 nitrogen and oxygen atoms in total. The van der Waals surface area contributed by atoms with E-state index < -0.39 is 12.6 Å². The molecule has 3 aromatic heterocycles. The summed E-state index contributed by atoms with van der Waals surface area (Å²) in [6.07, 6.45) is 6.90. The number of pyridine rings is 2. The largest absolute Gasteiger partial charge is 0.389 e. The molecule has 2 aliphatic rings. The first-order valence-electron chi connectivity index (χ1n) is 11.9. The average molecular weight is 472 g/mol. The zero-order valence-electron chi connectivity index (χ0n) is 19.1. The van der Waals surface area contributed by atoms with Crippen molar-refractivity contribution >= 4 is 16.8 Å². The number of carbonyl (C=O) groups excluding carboxylic acids is 1. The van der Waals surface area contributed by atoms with E-state index in [1.165, 1.54) is 0 Å². The molecule has 9 heteroatoms. The number of rotatable bonds is 6. The number of alkyl halides is 3. The summed E-state index contributed by atoms with van der Waals surface area (Å²) in [6, 6.07) is 4.24. The van der Waals surface area contributed by atoms with Gasteiger partial charge in [0.1, 0.15) is 0 Å². The summed E-state index contributed by atoms with van der Waals surface area (Å²) < 4.78 is 39.2. The number of aryl methyl sites for hydroxylation is 1. The van der Waals surface area contributed by atoms with Gasteiger partial charge in [0.2, 0.25) is 5.91 Å². The molecule has 34 heavy (non-hydrogen) atoms. The monoisotopic (exact) mass is 471 g/mol. The van der Waals surface area contributed by atoms with Crippen LogP contribution < -0.4 is 0 Å². The fourth-order valence-corrected chi connectivity index (χ4v) is 5.67. The molecule has 2 saturated heterocycles. The van der Waals surface area contributed by atoms with Crippen LogP contribution in [0.2, 0.25) is 0 Å². The van der Waals surface area contributed by atoms with Crippen LogP contribution in [0.15, 0.2) is 36.9 Å². The summed E-state index contributed by atoms with van der Waals surface area (Å²) in [7, 11) is 1.87. The second kappa shape index (κ2) is 9.00. The fraction of sp³-hybridized carbons (Fsp3) is 0.520. The molecule has 3 aromatic rings. The molecule has 0 spiro atoms. The van der Waals surface area contributed by atoms with Gasteiger partial charge in [0.25, 0.3) is 0 Å². The topological polar surface area (TPSA) is 63.9 Å². The van der Waals surface area contributed by atoms with Crippen LogP contribution in [0.3, 0.4) is 0 Å². The number of aromatic nitrogens is 4. The number of hydrogen-bond donors (Lipinski definition) is 0. The van der Waals surface area contributed by atoms with Crippen LogP contribution in [0.4, 0.5) is 13.2 Å². The normalized spacial score (nSPS) is 22.5. The fourth-order valence-electron chi connectivity index (χ4n) is 5.67. The van der Waals surface area contributed by atoms with Crippen molar-refractivity contribution in [1.82, 2.24) is 24.6 Å². The van der Waals surface area contributed by atoms with E-state index in [1.54, 1.807) is 23.3 Å². The summed E-state index contributed by atoms with van der Waals surface area (Å²) >= 11 is 0. The van der Waals surface area contributed by atoms with E-state index in [0.29, 0.717) is 12.1 Å². The number of hydrogen-bond acceptors (Lipinski definition) is 4. The zero-order chi connectivity index (χ0) is 23.9. The smallest absolute Gasteiger partial charge is 0.336 e. The first kappa shape index (κ1) is 22.8. The van der Waals surface area contributed by atoms with Crippen molar-refractivity contribution in [2.75, 3.05) is 0 Å². The van der Waals surface area contributed by atoms with Crippen LogP contribution >= 0.6 is 0 Å². The Morgan fingerprint density at radius 2 is 1.82 bits per heavy atom. The summed E-state index contributed by atoms with van der Waals surface area (Å²) in [5.41, 5.74) is 3.40. The molecule has 2 aliphatic heterocycles. The van der Waals surface area contributed by atoms with E-state index in [-0.39, 0.29) is 36.8 Å². The molecule has 0 radical (unpaired) electrons. The SMILES string of the molecule is Cn1cc(-c2cnc3cnc(CC(=O)N4[C@@H]5CC[C@H]4CC(CCCC(F)(F)F)C5)cc3c2)cn1. The predicted molar refractivity (Wildman–Crippen MR) is 122 cm³/mol. The van der Waals surface area contributed by atoms with Gasteiger partial charge in [-0.1, -0.05) is 0 Å². The number of piperidine rings is 1. The first-order valence-corrected chi connectivity index (χ1v) is 11.9. The molecule has 1 unspecified atom stereocenters. The minimum atomic E-state index is -4.09. The quantitative estimate of drug-likeness (QED) is 0.503. The second-order valence-corrected chi connectivity index (χ2v) is 9.70. The van der Waals surface area contributed by atoms with Crippen LogP contribution in [-0.4, -0.2) is 48.8 Å². The van der Waals surface area contributed by atoms with Gasteiger partial charge >= 0.3 is 6.18 Å². The van der Waals surface area contributed by atoms with E-state index in [2.05, 4.69) is 15.1 Å². The summed E-state index contributed by atoms with van der Waals surface area (Å²) in [6.45, 7) is 0. The molecule has 3 atom stereocenters. The van der Waals surface area contributed by atoms with Crippen LogP contribution in [0.5, 0.6) is 0 Å². The molecule has 0 saturated carbocycles. The lowest BCUT2D eigenvalue weighted by atomic mass is 9.86. The van der Waals surface area contributed by atoms with Gasteiger partial charge in [0.15, 0.2) is 0 Å². The van der Waals surface area contributed by atoms with Crippen LogP contribution in [0, 0.1) is 5.92 Å². The molecule has 0 N–H and O–H groups in total. The maximum absolute atomic E-state index is 13.2. The number of halogens is 3. The Labute approximate surface area is 196 Å². The van der Waals surface area contributed by atoms with Crippen molar-refractivity contribution in [3.8, 4) is 11.1 Å². The highest BCUT2D eigenvalue weighted by atomic mass is 19.4. The number of carbonyl (C=O) groups is 1. The molecule has 0 aromatic carbocycles. The summed E-state index contributed by atoms with van der Waals surface area (Å²) in [5, 5.41) is 5.13. The van der Waals surface area contributed by atoms with Crippen LogP contribution in [0.25, 0.3) is 22.0 Å². The Kier molecular flexibility index (Phi) is 6.04. The van der Waals surface area contributed by atoms with E-state index in [4.69, 9.17) is 0 Å². The van der Waals surface area contributed by atoms with Gasteiger partial charge in [-0.2, -0.15) is 18.3 Å².